The van der Waals surface area contributed by atoms with Gasteiger partial charge in [0.1, 0.15) is 0 Å². The smallest absolute Gasteiger partial charge is 0.372 e. The van der Waals surface area contributed by atoms with Gasteiger partial charge in [-0.15, -0.1) is 0 Å². The molecule has 158 valence electrons. The first-order valence-electron chi connectivity index (χ1n) is 11.2. The summed E-state index contributed by atoms with van der Waals surface area (Å²) in [5, 5.41) is 0. The maximum Gasteiger partial charge on any atom is 0.372 e. The van der Waals surface area contributed by atoms with Crippen LogP contribution in [-0.4, -0.2) is 12.6 Å². The average Bonchev–Trinajstić information content (AvgIpc) is 2.85. The van der Waals surface area contributed by atoms with Crippen LogP contribution in [0.15, 0.2) is 91.0 Å². The summed E-state index contributed by atoms with van der Waals surface area (Å²) in [6.45, 7) is 2.41. The molecule has 0 unspecified atom stereocenters. The molecule has 0 spiro atoms. The molecule has 1 heterocycles. The van der Waals surface area contributed by atoms with Gasteiger partial charge in [-0.05, 0) is 54.7 Å². The van der Waals surface area contributed by atoms with Crippen molar-refractivity contribution in [2.75, 3.05) is 6.61 Å². The Bertz CT molecular complexity index is 1260. The van der Waals surface area contributed by atoms with Gasteiger partial charge in [0, 0.05) is 22.8 Å². The first-order chi connectivity index (χ1) is 15.8. The lowest BCUT2D eigenvalue weighted by molar-refractivity contribution is -0.664. The van der Waals surface area contributed by atoms with E-state index in [9.17, 15) is 4.79 Å². The first kappa shape index (κ1) is 20.2. The van der Waals surface area contributed by atoms with Gasteiger partial charge in [0.2, 0.25) is 17.9 Å². The molecule has 1 aliphatic rings. The normalized spacial score (nSPS) is 12.0. The largest absolute Gasteiger partial charge is 0.461 e. The molecule has 1 aromatic heterocycles. The number of pyridine rings is 1. The maximum atomic E-state index is 12.7. The van der Waals surface area contributed by atoms with E-state index < -0.39 is 0 Å². The zero-order chi connectivity index (χ0) is 21.9. The molecule has 3 heteroatoms. The third kappa shape index (κ3) is 3.71. The molecular formula is C29H26NO2+. The molecule has 0 saturated carbocycles. The highest BCUT2D eigenvalue weighted by atomic mass is 16.5. The van der Waals surface area contributed by atoms with Gasteiger partial charge < -0.3 is 4.74 Å². The fourth-order valence-electron chi connectivity index (χ4n) is 4.73. The minimum atomic E-state index is -0.215. The van der Waals surface area contributed by atoms with E-state index in [0.717, 1.165) is 29.8 Å². The molecule has 5 rings (SSSR count). The van der Waals surface area contributed by atoms with Gasteiger partial charge >= 0.3 is 5.97 Å². The van der Waals surface area contributed by atoms with Crippen molar-refractivity contribution in [3.63, 3.8) is 0 Å². The fourth-order valence-corrected chi connectivity index (χ4v) is 4.73. The number of carbonyl (C=O) groups excluding carboxylic acids is 1. The molecule has 3 aromatic carbocycles. The van der Waals surface area contributed by atoms with Crippen LogP contribution in [0.2, 0.25) is 0 Å². The monoisotopic (exact) mass is 420 g/mol. The summed E-state index contributed by atoms with van der Waals surface area (Å²) < 4.78 is 7.53. The van der Waals surface area contributed by atoms with Crippen LogP contribution in [-0.2, 0) is 28.9 Å². The summed E-state index contributed by atoms with van der Waals surface area (Å²) in [7, 11) is 0. The molecule has 1 aliphatic carbocycles. The molecule has 0 fully saturated rings. The molecule has 0 atom stereocenters. The Labute approximate surface area is 188 Å². The predicted octanol–water partition coefficient (Wildman–Crippen LogP) is 5.64. The summed E-state index contributed by atoms with van der Waals surface area (Å²) in [4.78, 5) is 12.7. The Morgan fingerprint density at radius 3 is 2.19 bits per heavy atom. The Morgan fingerprint density at radius 2 is 1.47 bits per heavy atom. The van der Waals surface area contributed by atoms with Gasteiger partial charge in [-0.2, -0.15) is 4.57 Å². The molecule has 0 radical (unpaired) electrons. The van der Waals surface area contributed by atoms with Gasteiger partial charge in [0.15, 0.2) is 0 Å². The molecule has 0 aliphatic heterocycles. The van der Waals surface area contributed by atoms with E-state index in [1.165, 1.54) is 27.8 Å². The lowest BCUT2D eigenvalue weighted by Crippen LogP contribution is -2.45. The zero-order valence-corrected chi connectivity index (χ0v) is 18.3. The van der Waals surface area contributed by atoms with Crippen molar-refractivity contribution in [2.45, 2.75) is 26.3 Å². The molecule has 0 amide bonds. The van der Waals surface area contributed by atoms with Crippen LogP contribution in [0, 0.1) is 0 Å². The number of benzene rings is 3. The highest BCUT2D eigenvalue weighted by Gasteiger charge is 2.33. The van der Waals surface area contributed by atoms with E-state index in [2.05, 4.69) is 71.3 Å². The van der Waals surface area contributed by atoms with Crippen LogP contribution in [0.25, 0.3) is 33.6 Å². The van der Waals surface area contributed by atoms with Crippen molar-refractivity contribution in [3.8, 4) is 33.6 Å². The van der Waals surface area contributed by atoms with E-state index in [-0.39, 0.29) is 12.5 Å². The molecule has 32 heavy (non-hydrogen) atoms. The topological polar surface area (TPSA) is 30.2 Å². The minimum Gasteiger partial charge on any atom is -0.461 e. The molecule has 4 aromatic rings. The van der Waals surface area contributed by atoms with Gasteiger partial charge in [0.05, 0.1) is 6.61 Å². The SMILES string of the molecule is CCOC(=O)C[n+]1c(-c2ccccc2)cc(-c2ccccc2)c2c1-c1ccccc1CC2. The number of aryl methyl sites for hydroxylation is 1. The summed E-state index contributed by atoms with van der Waals surface area (Å²) in [5.41, 5.74) is 9.47. The average molecular weight is 421 g/mol. The van der Waals surface area contributed by atoms with E-state index >= 15 is 0 Å². The molecule has 0 bridgehead atoms. The molecular weight excluding hydrogens is 394 g/mol. The van der Waals surface area contributed by atoms with E-state index in [1.54, 1.807) is 0 Å². The van der Waals surface area contributed by atoms with Crippen LogP contribution in [0.1, 0.15) is 18.1 Å². The first-order valence-corrected chi connectivity index (χ1v) is 11.2. The predicted molar refractivity (Wildman–Crippen MR) is 127 cm³/mol. The van der Waals surface area contributed by atoms with Crippen LogP contribution in [0.4, 0.5) is 0 Å². The maximum absolute atomic E-state index is 12.7. The summed E-state index contributed by atoms with van der Waals surface area (Å²) in [6.07, 6.45) is 1.93. The second-order valence-corrected chi connectivity index (χ2v) is 8.05. The van der Waals surface area contributed by atoms with Gasteiger partial charge in [-0.25, -0.2) is 4.79 Å². The van der Waals surface area contributed by atoms with Crippen LogP contribution in [0.5, 0.6) is 0 Å². The molecule has 0 saturated heterocycles. The van der Waals surface area contributed by atoms with Gasteiger partial charge in [-0.3, -0.25) is 0 Å². The zero-order valence-electron chi connectivity index (χ0n) is 18.3. The Kier molecular flexibility index (Phi) is 5.55. The van der Waals surface area contributed by atoms with Crippen molar-refractivity contribution < 1.29 is 14.1 Å². The second-order valence-electron chi connectivity index (χ2n) is 8.05. The van der Waals surface area contributed by atoms with Gasteiger partial charge in [-0.1, -0.05) is 66.7 Å². The quantitative estimate of drug-likeness (QED) is 0.309. The Morgan fingerprint density at radius 1 is 0.812 bits per heavy atom. The summed E-state index contributed by atoms with van der Waals surface area (Å²) >= 11 is 0. The lowest BCUT2D eigenvalue weighted by Gasteiger charge is -2.22. The lowest BCUT2D eigenvalue weighted by atomic mass is 9.83. The standard InChI is InChI=1S/C29H26NO2/c1-2-32-28(31)20-30-27(23-14-7-4-8-15-23)19-26(21-11-5-3-6-12-21)25-18-17-22-13-9-10-16-24(22)29(25)30/h3-16,19H,2,17-18,20H2,1H3/q+1. The van der Waals surface area contributed by atoms with Crippen molar-refractivity contribution in [2.24, 2.45) is 0 Å². The van der Waals surface area contributed by atoms with Crippen molar-refractivity contribution in [1.29, 1.82) is 0 Å². The van der Waals surface area contributed by atoms with Crippen molar-refractivity contribution in [1.82, 2.24) is 0 Å². The van der Waals surface area contributed by atoms with Crippen molar-refractivity contribution >= 4 is 5.97 Å². The number of hydrogen-bond donors (Lipinski definition) is 0. The third-order valence-corrected chi connectivity index (χ3v) is 6.12. The number of hydrogen-bond acceptors (Lipinski definition) is 2. The van der Waals surface area contributed by atoms with Crippen LogP contribution < -0.4 is 4.57 Å². The number of carbonyl (C=O) groups is 1. The minimum absolute atomic E-state index is 0.184. The van der Waals surface area contributed by atoms with Gasteiger partial charge in [0.25, 0.3) is 0 Å². The summed E-state index contributed by atoms with van der Waals surface area (Å²) in [5.74, 6) is -0.215. The van der Waals surface area contributed by atoms with E-state index in [4.69, 9.17) is 4.74 Å². The van der Waals surface area contributed by atoms with Crippen molar-refractivity contribution in [3.05, 3.63) is 102 Å². The highest BCUT2D eigenvalue weighted by molar-refractivity contribution is 5.81. The van der Waals surface area contributed by atoms with Crippen LogP contribution in [0.3, 0.4) is 0 Å². The number of fused-ring (bicyclic) bond motifs is 3. The fraction of sp³-hybridized carbons (Fsp3) is 0.172. The van der Waals surface area contributed by atoms with Crippen LogP contribution >= 0.6 is 0 Å². The highest BCUT2D eigenvalue weighted by Crippen LogP contribution is 2.39. The summed E-state index contributed by atoms with van der Waals surface area (Å²) in [6, 6.07) is 31.7. The Balaban J connectivity index is 1.85. The number of esters is 1. The second kappa shape index (κ2) is 8.80. The van der Waals surface area contributed by atoms with E-state index in [0.29, 0.717) is 6.61 Å². The molecule has 0 N–H and O–H groups in total. The van der Waals surface area contributed by atoms with E-state index in [1.807, 2.05) is 31.2 Å². The Hall–Kier alpha value is -3.72. The number of ether oxygens (including phenoxy) is 1. The number of rotatable bonds is 5. The molecule has 3 nitrogen and oxygen atoms in total. The number of aromatic nitrogens is 1. The number of nitrogens with zero attached hydrogens (tertiary/aromatic N) is 1. The third-order valence-electron chi connectivity index (χ3n) is 6.12.